The first-order valence-electron chi connectivity index (χ1n) is 10.1. The summed E-state index contributed by atoms with van der Waals surface area (Å²) in [5.41, 5.74) is 0.360. The van der Waals surface area contributed by atoms with Gasteiger partial charge in [-0.1, -0.05) is 20.4 Å². The second-order valence-corrected chi connectivity index (χ2v) is 6.83. The molecule has 1 saturated heterocycles. The molecule has 9 heteroatoms. The van der Waals surface area contributed by atoms with Gasteiger partial charge in [-0.15, -0.1) is 10.2 Å². The number of aryl methyl sites for hydroxylation is 1. The van der Waals surface area contributed by atoms with E-state index in [4.69, 9.17) is 0 Å². The lowest BCUT2D eigenvalue weighted by atomic mass is 9.91. The third kappa shape index (κ3) is 5.20. The summed E-state index contributed by atoms with van der Waals surface area (Å²) in [4.78, 5) is 9.91. The van der Waals surface area contributed by atoms with Crippen molar-refractivity contribution in [3.63, 3.8) is 0 Å². The molecule has 3 rings (SSSR count). The first kappa shape index (κ1) is 23.9. The Morgan fingerprint density at radius 3 is 2.48 bits per heavy atom. The zero-order valence-corrected chi connectivity index (χ0v) is 18.3. The van der Waals surface area contributed by atoms with Crippen LogP contribution in [0.5, 0.6) is 0 Å². The van der Waals surface area contributed by atoms with Gasteiger partial charge in [-0.25, -0.2) is 9.37 Å². The van der Waals surface area contributed by atoms with Crippen LogP contribution < -0.4 is 0 Å². The molecule has 164 valence electrons. The number of nitriles is 1. The third-order valence-electron chi connectivity index (χ3n) is 4.95. The Morgan fingerprint density at radius 2 is 2.00 bits per heavy atom. The van der Waals surface area contributed by atoms with Crippen molar-refractivity contribution >= 4 is 5.71 Å². The van der Waals surface area contributed by atoms with Crippen LogP contribution in [-0.4, -0.2) is 43.4 Å². The molecule has 0 atom stereocenters. The molecular formula is C22H27F2N7. The van der Waals surface area contributed by atoms with Crippen LogP contribution in [0.1, 0.15) is 45.0 Å². The zero-order chi connectivity index (χ0) is 23.0. The molecule has 0 aliphatic carbocycles. The third-order valence-corrected chi connectivity index (χ3v) is 4.95. The van der Waals surface area contributed by atoms with Gasteiger partial charge in [-0.3, -0.25) is 4.99 Å². The van der Waals surface area contributed by atoms with Gasteiger partial charge in [0, 0.05) is 50.9 Å². The lowest BCUT2D eigenvalue weighted by Crippen LogP contribution is -2.43. The van der Waals surface area contributed by atoms with E-state index in [1.807, 2.05) is 18.7 Å². The van der Waals surface area contributed by atoms with Crippen LogP contribution in [0, 0.1) is 17.3 Å². The molecule has 0 unspecified atom stereocenters. The Kier molecular flexibility index (Phi) is 8.14. The predicted octanol–water partition coefficient (Wildman–Crippen LogP) is 4.07. The Balaban J connectivity index is 0.00000166. The second kappa shape index (κ2) is 10.6. The molecule has 1 aliphatic rings. The van der Waals surface area contributed by atoms with Crippen molar-refractivity contribution in [3.8, 4) is 6.07 Å². The minimum absolute atomic E-state index is 0.185. The van der Waals surface area contributed by atoms with Gasteiger partial charge in [0.15, 0.2) is 11.5 Å². The van der Waals surface area contributed by atoms with Gasteiger partial charge >= 0.3 is 0 Å². The van der Waals surface area contributed by atoms with Gasteiger partial charge in [0.1, 0.15) is 6.33 Å². The number of halogens is 2. The molecule has 0 spiro atoms. The van der Waals surface area contributed by atoms with Gasteiger partial charge in [-0.2, -0.15) is 9.65 Å². The minimum atomic E-state index is -1.60. The summed E-state index contributed by atoms with van der Waals surface area (Å²) >= 11 is 0. The average molecular weight is 428 g/mol. The normalized spacial score (nSPS) is 16.5. The monoisotopic (exact) mass is 427 g/mol. The number of allylic oxidation sites excluding steroid dienone is 2. The number of aliphatic imine (C=N–C) groups is 1. The molecule has 2 aromatic rings. The van der Waals surface area contributed by atoms with Crippen LogP contribution >= 0.6 is 0 Å². The number of aromatic nitrogens is 4. The molecule has 3 heterocycles. The number of likely N-dealkylation sites (tertiary alicyclic amines) is 1. The molecule has 1 fully saturated rings. The predicted molar refractivity (Wildman–Crippen MR) is 115 cm³/mol. The van der Waals surface area contributed by atoms with Crippen molar-refractivity contribution in [3.05, 3.63) is 66.0 Å². The fourth-order valence-corrected chi connectivity index (χ4v) is 3.49. The van der Waals surface area contributed by atoms with E-state index < -0.39 is 11.6 Å². The summed E-state index contributed by atoms with van der Waals surface area (Å²) in [5, 5.41) is 17.2. The smallest absolute Gasteiger partial charge is 0.212 e. The fraction of sp³-hybridized carbons (Fsp3) is 0.409. The van der Waals surface area contributed by atoms with E-state index >= 15 is 4.39 Å². The van der Waals surface area contributed by atoms with Crippen LogP contribution in [-0.2, 0) is 12.7 Å². The van der Waals surface area contributed by atoms with Crippen LogP contribution in [0.15, 0.2) is 53.7 Å². The Labute approximate surface area is 181 Å². The molecule has 31 heavy (non-hydrogen) atoms. The van der Waals surface area contributed by atoms with Crippen LogP contribution in [0.25, 0.3) is 0 Å². The summed E-state index contributed by atoms with van der Waals surface area (Å²) in [7, 11) is 1.71. The first-order chi connectivity index (χ1) is 14.9. The summed E-state index contributed by atoms with van der Waals surface area (Å²) in [6.07, 6.45) is 4.55. The van der Waals surface area contributed by atoms with E-state index in [9.17, 15) is 9.65 Å². The fourth-order valence-electron chi connectivity index (χ4n) is 3.49. The molecule has 0 saturated carbocycles. The molecule has 7 nitrogen and oxygen atoms in total. The van der Waals surface area contributed by atoms with Crippen LogP contribution in [0.3, 0.4) is 0 Å². The Morgan fingerprint density at radius 1 is 1.32 bits per heavy atom. The number of rotatable bonds is 5. The zero-order valence-electron chi connectivity index (χ0n) is 18.3. The summed E-state index contributed by atoms with van der Waals surface area (Å²) in [6, 6.07) is 4.91. The van der Waals surface area contributed by atoms with Crippen molar-refractivity contribution in [1.29, 1.82) is 5.26 Å². The molecule has 2 aromatic heterocycles. The molecule has 0 N–H and O–H groups in total. The highest BCUT2D eigenvalue weighted by Gasteiger charge is 2.41. The van der Waals surface area contributed by atoms with E-state index in [0.717, 1.165) is 0 Å². The summed E-state index contributed by atoms with van der Waals surface area (Å²) in [5.74, 6) is -0.319. The van der Waals surface area contributed by atoms with Crippen molar-refractivity contribution in [2.45, 2.75) is 39.3 Å². The largest absolute Gasteiger partial charge is 0.369 e. The van der Waals surface area contributed by atoms with Gasteiger partial charge in [0.2, 0.25) is 5.95 Å². The minimum Gasteiger partial charge on any atom is -0.369 e. The topological polar surface area (TPSA) is 83.0 Å². The average Bonchev–Trinajstić information content (AvgIpc) is 3.23. The molecule has 0 aromatic carbocycles. The van der Waals surface area contributed by atoms with Crippen LogP contribution in [0.2, 0.25) is 0 Å². The lowest BCUT2D eigenvalue weighted by Gasteiger charge is -2.38. The number of nitrogens with zero attached hydrogens (tertiary/aromatic N) is 7. The van der Waals surface area contributed by atoms with Gasteiger partial charge in [0.05, 0.1) is 23.1 Å². The molecular weight excluding hydrogens is 400 g/mol. The molecule has 1 aliphatic heterocycles. The standard InChI is InChI=1S/C20H21F2N7.C2H6/c1-4-24-17(15-5-6-16(21)25-12-15)18(14(2)11-23)29-9-7-20(22,8-10-29)19-27-26-13-28(19)3;1-2/h4-6,12-13H,1,7-10H2,2-3H3;1-2H3/b18-14-,24-17?;. The van der Waals surface area contributed by atoms with Crippen molar-refractivity contribution in [2.24, 2.45) is 12.0 Å². The van der Waals surface area contributed by atoms with E-state index in [0.29, 0.717) is 41.5 Å². The van der Waals surface area contributed by atoms with E-state index in [1.54, 1.807) is 18.5 Å². The number of piperidine rings is 1. The van der Waals surface area contributed by atoms with Crippen molar-refractivity contribution in [1.82, 2.24) is 24.6 Å². The van der Waals surface area contributed by atoms with Gasteiger partial charge < -0.3 is 9.47 Å². The Hall–Kier alpha value is -3.41. The summed E-state index contributed by atoms with van der Waals surface area (Å²) in [6.45, 7) is 10.0. The maximum atomic E-state index is 15.5. The maximum absolute atomic E-state index is 15.5. The SMILES string of the molecule is C=CN=C(/C(=C(\C)C#N)N1CCC(F)(c2nncn2C)CC1)c1ccc(F)nc1.CC. The highest BCUT2D eigenvalue weighted by Crippen LogP contribution is 2.37. The second-order valence-electron chi connectivity index (χ2n) is 6.83. The Bertz CT molecular complexity index is 992. The highest BCUT2D eigenvalue weighted by atomic mass is 19.1. The molecule has 0 bridgehead atoms. The molecule has 0 radical (unpaired) electrons. The van der Waals surface area contributed by atoms with Crippen LogP contribution in [0.4, 0.5) is 8.78 Å². The molecule has 0 amide bonds. The van der Waals surface area contributed by atoms with Gasteiger partial charge in [0.25, 0.3) is 0 Å². The first-order valence-corrected chi connectivity index (χ1v) is 10.1. The quantitative estimate of drug-likeness (QED) is 0.408. The van der Waals surface area contributed by atoms with Crippen molar-refractivity contribution < 1.29 is 8.78 Å². The van der Waals surface area contributed by atoms with E-state index in [1.165, 1.54) is 30.9 Å². The van der Waals surface area contributed by atoms with E-state index in [2.05, 4.69) is 32.8 Å². The summed E-state index contributed by atoms with van der Waals surface area (Å²) < 4.78 is 30.4. The number of alkyl halides is 1. The number of hydrogen-bond donors (Lipinski definition) is 0. The number of hydrogen-bond acceptors (Lipinski definition) is 6. The lowest BCUT2D eigenvalue weighted by molar-refractivity contribution is 0.0609. The highest BCUT2D eigenvalue weighted by molar-refractivity contribution is 6.13. The van der Waals surface area contributed by atoms with Gasteiger partial charge in [-0.05, 0) is 19.1 Å². The van der Waals surface area contributed by atoms with E-state index in [-0.39, 0.29) is 12.8 Å². The number of pyridine rings is 1. The van der Waals surface area contributed by atoms with Crippen molar-refractivity contribution in [2.75, 3.05) is 13.1 Å². The maximum Gasteiger partial charge on any atom is 0.212 e.